The van der Waals surface area contributed by atoms with E-state index in [0.29, 0.717) is 11.3 Å². The summed E-state index contributed by atoms with van der Waals surface area (Å²) in [7, 11) is 0. The molecule has 0 spiro atoms. The first-order chi connectivity index (χ1) is 10.3. The van der Waals surface area contributed by atoms with Gasteiger partial charge < -0.3 is 4.42 Å². The Hall–Kier alpha value is -3.02. The van der Waals surface area contributed by atoms with Crippen molar-refractivity contribution in [3.8, 4) is 0 Å². The molecule has 0 aliphatic carbocycles. The molecule has 0 bridgehead atoms. The van der Waals surface area contributed by atoms with Gasteiger partial charge >= 0.3 is 0 Å². The number of carbonyl (C=O) groups is 1. The molecule has 0 fully saturated rings. The number of hydrogen-bond acceptors (Lipinski definition) is 4. The van der Waals surface area contributed by atoms with E-state index in [9.17, 15) is 4.79 Å². The summed E-state index contributed by atoms with van der Waals surface area (Å²) >= 11 is 0. The van der Waals surface area contributed by atoms with Crippen LogP contribution >= 0.6 is 0 Å². The van der Waals surface area contributed by atoms with E-state index in [1.54, 1.807) is 43.1 Å². The average Bonchev–Trinajstić information content (AvgIpc) is 3.17. The lowest BCUT2D eigenvalue weighted by Crippen LogP contribution is -2.24. The van der Waals surface area contributed by atoms with Crippen LogP contribution in [0.5, 0.6) is 0 Å². The van der Waals surface area contributed by atoms with Gasteiger partial charge in [-0.25, -0.2) is 0 Å². The zero-order chi connectivity index (χ0) is 14.5. The molecule has 0 unspecified atom stereocenters. The molecule has 3 rings (SSSR count). The van der Waals surface area contributed by atoms with E-state index in [1.807, 2.05) is 18.2 Å². The highest BCUT2D eigenvalue weighted by molar-refractivity contribution is 5.95. The van der Waals surface area contributed by atoms with Gasteiger partial charge in [-0.3, -0.25) is 4.79 Å². The van der Waals surface area contributed by atoms with Gasteiger partial charge in [0.15, 0.2) is 12.3 Å². The van der Waals surface area contributed by atoms with E-state index < -0.39 is 0 Å². The van der Waals surface area contributed by atoms with Crippen LogP contribution in [0.25, 0.3) is 0 Å². The molecule has 6 heteroatoms. The minimum atomic E-state index is 0.000800. The van der Waals surface area contributed by atoms with Crippen molar-refractivity contribution >= 4 is 12.0 Å². The number of rotatable bonds is 5. The van der Waals surface area contributed by atoms with Gasteiger partial charge in [0.25, 0.3) is 6.33 Å². The second-order valence-corrected chi connectivity index (χ2v) is 4.37. The molecule has 3 aromatic rings. The van der Waals surface area contributed by atoms with Crippen LogP contribution in [0, 0.1) is 0 Å². The van der Waals surface area contributed by atoms with E-state index in [-0.39, 0.29) is 12.3 Å². The number of Topliss-reactive ketones (excluding diaryl/α,β-unsaturated/α-hetero) is 1. The van der Waals surface area contributed by atoms with Crippen LogP contribution in [0.1, 0.15) is 16.1 Å². The van der Waals surface area contributed by atoms with Crippen LogP contribution in [0.2, 0.25) is 0 Å². The van der Waals surface area contributed by atoms with Crippen molar-refractivity contribution in [1.29, 1.82) is 0 Å². The second kappa shape index (κ2) is 5.96. The lowest BCUT2D eigenvalue weighted by molar-refractivity contribution is -0.679. The van der Waals surface area contributed by atoms with Gasteiger partial charge in [0.2, 0.25) is 6.33 Å². The Morgan fingerprint density at radius 2 is 2.14 bits per heavy atom. The van der Waals surface area contributed by atoms with Crippen LogP contribution in [0.3, 0.4) is 0 Å². The van der Waals surface area contributed by atoms with Crippen molar-refractivity contribution in [1.82, 2.24) is 9.78 Å². The number of hydrogen-bond donors (Lipinski definition) is 0. The summed E-state index contributed by atoms with van der Waals surface area (Å²) in [5, 5.41) is 8.25. The molecular formula is C15H13N4O2+. The van der Waals surface area contributed by atoms with Gasteiger partial charge in [-0.15, -0.1) is 14.5 Å². The van der Waals surface area contributed by atoms with E-state index in [2.05, 4.69) is 10.2 Å². The summed E-state index contributed by atoms with van der Waals surface area (Å²) in [5.41, 5.74) is 0.665. The molecule has 6 nitrogen and oxygen atoms in total. The van der Waals surface area contributed by atoms with Crippen molar-refractivity contribution in [2.75, 3.05) is 0 Å². The molecule has 0 saturated carbocycles. The fraction of sp³-hybridized carbons (Fsp3) is 0.0667. The van der Waals surface area contributed by atoms with Gasteiger partial charge in [0.1, 0.15) is 12.0 Å². The Kier molecular flexibility index (Phi) is 3.68. The van der Waals surface area contributed by atoms with Crippen molar-refractivity contribution in [3.05, 3.63) is 72.7 Å². The summed E-state index contributed by atoms with van der Waals surface area (Å²) in [5.74, 6) is 0.650. The smallest absolute Gasteiger partial charge is 0.289 e. The molecule has 0 amide bonds. The molecular weight excluding hydrogens is 268 g/mol. The Labute approximate surface area is 120 Å². The normalized spacial score (nSPS) is 11.0. The van der Waals surface area contributed by atoms with Gasteiger partial charge in [0, 0.05) is 10.7 Å². The minimum Gasteiger partial charge on any atom is -0.463 e. The maximum absolute atomic E-state index is 12.0. The third-order valence-electron chi connectivity index (χ3n) is 2.83. The molecule has 2 heterocycles. The first-order valence-electron chi connectivity index (χ1n) is 6.41. The SMILES string of the molecule is O=C(Cn1c[n+](N=Cc2ccco2)cn1)c1ccccc1. The van der Waals surface area contributed by atoms with Crippen LogP contribution in [-0.4, -0.2) is 21.8 Å². The highest BCUT2D eigenvalue weighted by Crippen LogP contribution is 2.01. The Morgan fingerprint density at radius 3 is 2.90 bits per heavy atom. The van der Waals surface area contributed by atoms with Crippen LogP contribution in [0.4, 0.5) is 0 Å². The Balaban J connectivity index is 1.67. The summed E-state index contributed by atoms with van der Waals surface area (Å²) in [6.45, 7) is 0.174. The predicted octanol–water partition coefficient (Wildman–Crippen LogP) is 1.53. The fourth-order valence-electron chi connectivity index (χ4n) is 1.81. The molecule has 0 N–H and O–H groups in total. The standard InChI is InChI=1S/C15H13N4O2/c20-15(13-5-2-1-3-6-13)10-18-12-19(11-17-18)16-9-14-7-4-8-21-14/h1-9,11-12H,10H2/q+1. The second-order valence-electron chi connectivity index (χ2n) is 4.37. The molecule has 104 valence electrons. The molecule has 0 saturated heterocycles. The maximum Gasteiger partial charge on any atom is 0.289 e. The summed E-state index contributed by atoms with van der Waals surface area (Å²) in [4.78, 5) is 12.0. The lowest BCUT2D eigenvalue weighted by atomic mass is 10.1. The number of benzene rings is 1. The molecule has 0 atom stereocenters. The maximum atomic E-state index is 12.0. The lowest BCUT2D eigenvalue weighted by Gasteiger charge is -1.95. The number of aromatic nitrogens is 3. The van der Waals surface area contributed by atoms with Crippen LogP contribution in [-0.2, 0) is 6.54 Å². The van der Waals surface area contributed by atoms with Gasteiger partial charge in [0.05, 0.1) is 6.26 Å². The average molecular weight is 281 g/mol. The summed E-state index contributed by atoms with van der Waals surface area (Å²) in [6.07, 6.45) is 6.32. The van der Waals surface area contributed by atoms with Gasteiger partial charge in [-0.1, -0.05) is 30.3 Å². The first-order valence-corrected chi connectivity index (χ1v) is 6.41. The van der Waals surface area contributed by atoms with Gasteiger partial charge in [-0.05, 0) is 12.1 Å². The molecule has 21 heavy (non-hydrogen) atoms. The Bertz CT molecular complexity index is 745. The minimum absolute atomic E-state index is 0.000800. The van der Waals surface area contributed by atoms with Crippen molar-refractivity contribution in [3.63, 3.8) is 0 Å². The summed E-state index contributed by atoms with van der Waals surface area (Å²) < 4.78 is 8.19. The van der Waals surface area contributed by atoms with E-state index >= 15 is 0 Å². The number of furan rings is 1. The largest absolute Gasteiger partial charge is 0.463 e. The van der Waals surface area contributed by atoms with Crippen LogP contribution < -0.4 is 4.68 Å². The molecule has 0 aliphatic heterocycles. The number of carbonyl (C=O) groups excluding carboxylic acids is 1. The molecule has 2 aromatic heterocycles. The first kappa shape index (κ1) is 13.0. The van der Waals surface area contributed by atoms with Crippen LogP contribution in [0.15, 0.2) is 70.9 Å². The fourth-order valence-corrected chi connectivity index (χ4v) is 1.81. The third kappa shape index (κ3) is 3.30. The number of ketones is 1. The number of nitrogens with zero attached hydrogens (tertiary/aromatic N) is 4. The third-order valence-corrected chi connectivity index (χ3v) is 2.83. The van der Waals surface area contributed by atoms with Gasteiger partial charge in [-0.2, -0.15) is 0 Å². The monoisotopic (exact) mass is 281 g/mol. The predicted molar refractivity (Wildman–Crippen MR) is 74.9 cm³/mol. The van der Waals surface area contributed by atoms with E-state index in [4.69, 9.17) is 4.42 Å². The van der Waals surface area contributed by atoms with E-state index in [0.717, 1.165) is 0 Å². The molecule has 0 radical (unpaired) electrons. The Morgan fingerprint density at radius 1 is 1.29 bits per heavy atom. The highest BCUT2D eigenvalue weighted by atomic mass is 16.3. The highest BCUT2D eigenvalue weighted by Gasteiger charge is 2.12. The van der Waals surface area contributed by atoms with E-state index in [1.165, 1.54) is 15.7 Å². The zero-order valence-corrected chi connectivity index (χ0v) is 11.2. The molecule has 0 aliphatic rings. The quantitative estimate of drug-likeness (QED) is 0.405. The molecule has 1 aromatic carbocycles. The van der Waals surface area contributed by atoms with Crippen molar-refractivity contribution in [2.24, 2.45) is 5.10 Å². The topological polar surface area (TPSA) is 64.3 Å². The summed E-state index contributed by atoms with van der Waals surface area (Å²) in [6, 6.07) is 12.7. The van der Waals surface area contributed by atoms with Crippen molar-refractivity contribution < 1.29 is 13.9 Å². The van der Waals surface area contributed by atoms with Crippen molar-refractivity contribution in [2.45, 2.75) is 6.54 Å². The zero-order valence-electron chi connectivity index (χ0n) is 11.2.